The van der Waals surface area contributed by atoms with Gasteiger partial charge in [0.15, 0.2) is 5.96 Å². The Labute approximate surface area is 200 Å². The summed E-state index contributed by atoms with van der Waals surface area (Å²) in [5.74, 6) is 1.66. The summed E-state index contributed by atoms with van der Waals surface area (Å²) < 4.78 is 11.3. The van der Waals surface area contributed by atoms with Crippen LogP contribution in [0.5, 0.6) is 5.75 Å². The number of rotatable bonds is 9. The minimum absolute atomic E-state index is 0. The van der Waals surface area contributed by atoms with Crippen LogP contribution in [-0.2, 0) is 24.2 Å². The second-order valence-electron chi connectivity index (χ2n) is 6.80. The minimum Gasteiger partial charge on any atom is -0.492 e. The molecule has 0 aliphatic carbocycles. The fraction of sp³-hybridized carbons (Fsp3) is 0.524. The van der Waals surface area contributed by atoms with E-state index >= 15 is 0 Å². The second kappa shape index (κ2) is 13.8. The topological polar surface area (TPSA) is 71.0 Å². The quantitative estimate of drug-likeness (QED) is 0.287. The van der Waals surface area contributed by atoms with Crippen molar-refractivity contribution in [1.82, 2.24) is 20.5 Å². The van der Waals surface area contributed by atoms with Crippen molar-refractivity contribution in [3.8, 4) is 5.75 Å². The molecule has 0 amide bonds. The normalized spacial score (nSPS) is 14.8. The van der Waals surface area contributed by atoms with Crippen LogP contribution in [0.25, 0.3) is 0 Å². The van der Waals surface area contributed by atoms with Crippen LogP contribution in [0.4, 0.5) is 0 Å². The lowest BCUT2D eigenvalue weighted by atomic mass is 10.2. The van der Waals surface area contributed by atoms with E-state index in [0.717, 1.165) is 61.5 Å². The molecule has 1 aliphatic heterocycles. The van der Waals surface area contributed by atoms with Crippen LogP contribution in [0, 0.1) is 0 Å². The van der Waals surface area contributed by atoms with Crippen molar-refractivity contribution < 1.29 is 9.47 Å². The summed E-state index contributed by atoms with van der Waals surface area (Å²) >= 11 is 1.74. The molecule has 30 heavy (non-hydrogen) atoms. The molecule has 3 rings (SSSR count). The lowest BCUT2D eigenvalue weighted by Crippen LogP contribution is -2.38. The predicted molar refractivity (Wildman–Crippen MR) is 133 cm³/mol. The summed E-state index contributed by atoms with van der Waals surface area (Å²) in [6.07, 6.45) is 2.97. The molecule has 0 atom stereocenters. The van der Waals surface area contributed by atoms with E-state index in [2.05, 4.69) is 44.6 Å². The van der Waals surface area contributed by atoms with Crippen molar-refractivity contribution in [2.45, 2.75) is 26.4 Å². The molecule has 1 saturated heterocycles. The number of hydrogen-bond acceptors (Lipinski definition) is 6. The van der Waals surface area contributed by atoms with Crippen LogP contribution in [0.2, 0.25) is 0 Å². The number of thiazole rings is 1. The molecule has 2 aromatic rings. The van der Waals surface area contributed by atoms with Crippen LogP contribution in [0.3, 0.4) is 0 Å². The summed E-state index contributed by atoms with van der Waals surface area (Å²) in [6.45, 7) is 8.73. The maximum absolute atomic E-state index is 5.94. The number of aliphatic imine (C=N–C) groups is 1. The average molecular weight is 545 g/mol. The van der Waals surface area contributed by atoms with E-state index < -0.39 is 0 Å². The molecule has 0 radical (unpaired) electrons. The lowest BCUT2D eigenvalue weighted by molar-refractivity contribution is 0.0322. The van der Waals surface area contributed by atoms with Crippen molar-refractivity contribution in [2.75, 3.05) is 46.5 Å². The van der Waals surface area contributed by atoms with Crippen LogP contribution in [0.15, 0.2) is 35.5 Å². The van der Waals surface area contributed by atoms with Gasteiger partial charge in [-0.25, -0.2) is 4.98 Å². The zero-order valence-corrected chi connectivity index (χ0v) is 20.9. The Hall–Kier alpha value is -1.43. The molecule has 0 saturated carbocycles. The number of aryl methyl sites for hydroxylation is 1. The zero-order valence-electron chi connectivity index (χ0n) is 17.7. The minimum atomic E-state index is 0. The fourth-order valence-electron chi connectivity index (χ4n) is 3.02. The van der Waals surface area contributed by atoms with Gasteiger partial charge in [0.2, 0.25) is 0 Å². The Morgan fingerprint density at radius 1 is 1.27 bits per heavy atom. The molecule has 1 aliphatic rings. The molecule has 1 aromatic carbocycles. The first-order chi connectivity index (χ1) is 14.3. The molecule has 0 spiro atoms. The molecule has 0 unspecified atom stereocenters. The van der Waals surface area contributed by atoms with Gasteiger partial charge in [-0.15, -0.1) is 35.3 Å². The first-order valence-corrected chi connectivity index (χ1v) is 11.0. The van der Waals surface area contributed by atoms with E-state index in [-0.39, 0.29) is 24.0 Å². The number of hydrogen-bond donors (Lipinski definition) is 2. The summed E-state index contributed by atoms with van der Waals surface area (Å²) in [4.78, 5) is 12.4. The van der Waals surface area contributed by atoms with Crippen LogP contribution in [0.1, 0.15) is 22.4 Å². The Balaban J connectivity index is 0.00000320. The number of morpholine rings is 1. The lowest BCUT2D eigenvalue weighted by Gasteiger charge is -2.26. The van der Waals surface area contributed by atoms with E-state index in [9.17, 15) is 0 Å². The smallest absolute Gasteiger partial charge is 0.191 e. The van der Waals surface area contributed by atoms with E-state index in [1.165, 1.54) is 4.88 Å². The highest BCUT2D eigenvalue weighted by atomic mass is 127. The Morgan fingerprint density at radius 3 is 2.80 bits per heavy atom. The van der Waals surface area contributed by atoms with Gasteiger partial charge in [-0.05, 0) is 24.1 Å². The standard InChI is InChI=1S/C21H31N5O2S.HI/c1-3-19-15-23-20(29-19)16-25-21(22-2)24-14-17-5-4-6-18(13-17)28-12-9-26-7-10-27-11-8-26;/h4-6,13,15H,3,7-12,14,16H2,1-2H3,(H2,22,24,25);1H. The third-order valence-electron chi connectivity index (χ3n) is 4.72. The number of halogens is 1. The van der Waals surface area contributed by atoms with Gasteiger partial charge >= 0.3 is 0 Å². The SMILES string of the molecule is CCc1cnc(CNC(=NC)NCc2cccc(OCCN3CCOCC3)c2)s1.I. The van der Waals surface area contributed by atoms with Gasteiger partial charge in [-0.1, -0.05) is 19.1 Å². The number of nitrogens with zero attached hydrogens (tertiary/aromatic N) is 3. The molecule has 7 nitrogen and oxygen atoms in total. The second-order valence-corrected chi connectivity index (χ2v) is 8.00. The summed E-state index contributed by atoms with van der Waals surface area (Å²) in [5.41, 5.74) is 1.15. The van der Waals surface area contributed by atoms with Crippen LogP contribution in [-0.4, -0.2) is 62.3 Å². The van der Waals surface area contributed by atoms with Crippen molar-refractivity contribution >= 4 is 41.3 Å². The van der Waals surface area contributed by atoms with Gasteiger partial charge in [-0.2, -0.15) is 0 Å². The van der Waals surface area contributed by atoms with E-state index in [4.69, 9.17) is 9.47 Å². The van der Waals surface area contributed by atoms with Gasteiger partial charge in [0, 0.05) is 44.3 Å². The number of aromatic nitrogens is 1. The molecule has 2 heterocycles. The third kappa shape index (κ3) is 8.37. The number of ether oxygens (including phenoxy) is 2. The highest BCUT2D eigenvalue weighted by molar-refractivity contribution is 14.0. The predicted octanol–water partition coefficient (Wildman–Crippen LogP) is 2.90. The fourth-order valence-corrected chi connectivity index (χ4v) is 3.82. The van der Waals surface area contributed by atoms with Crippen molar-refractivity contribution in [3.05, 3.63) is 45.9 Å². The van der Waals surface area contributed by atoms with Gasteiger partial charge in [-0.3, -0.25) is 9.89 Å². The number of benzene rings is 1. The monoisotopic (exact) mass is 545 g/mol. The van der Waals surface area contributed by atoms with Gasteiger partial charge in [0.25, 0.3) is 0 Å². The number of nitrogens with one attached hydrogen (secondary N) is 2. The molecule has 1 fully saturated rings. The summed E-state index contributed by atoms with van der Waals surface area (Å²) in [5, 5.41) is 7.74. The highest BCUT2D eigenvalue weighted by Gasteiger charge is 2.10. The van der Waals surface area contributed by atoms with Gasteiger partial charge < -0.3 is 20.1 Å². The number of guanidine groups is 1. The third-order valence-corrected chi connectivity index (χ3v) is 5.86. The molecule has 2 N–H and O–H groups in total. The Kier molecular flexibility index (Phi) is 11.4. The van der Waals surface area contributed by atoms with E-state index in [1.54, 1.807) is 18.4 Å². The van der Waals surface area contributed by atoms with Gasteiger partial charge in [0.1, 0.15) is 17.4 Å². The molecular formula is C21H32IN5O2S. The van der Waals surface area contributed by atoms with Gasteiger partial charge in [0.05, 0.1) is 19.8 Å². The van der Waals surface area contributed by atoms with Crippen LogP contribution < -0.4 is 15.4 Å². The van der Waals surface area contributed by atoms with E-state index in [0.29, 0.717) is 19.7 Å². The van der Waals surface area contributed by atoms with E-state index in [1.807, 2.05) is 18.3 Å². The zero-order chi connectivity index (χ0) is 20.3. The molecular weight excluding hydrogens is 513 g/mol. The maximum Gasteiger partial charge on any atom is 0.191 e. The van der Waals surface area contributed by atoms with Crippen molar-refractivity contribution in [2.24, 2.45) is 4.99 Å². The van der Waals surface area contributed by atoms with Crippen molar-refractivity contribution in [1.29, 1.82) is 0 Å². The summed E-state index contributed by atoms with van der Waals surface area (Å²) in [6, 6.07) is 8.19. The highest BCUT2D eigenvalue weighted by Crippen LogP contribution is 2.14. The van der Waals surface area contributed by atoms with Crippen LogP contribution >= 0.6 is 35.3 Å². The molecule has 0 bridgehead atoms. The maximum atomic E-state index is 5.94. The largest absolute Gasteiger partial charge is 0.492 e. The first-order valence-electron chi connectivity index (χ1n) is 10.2. The van der Waals surface area contributed by atoms with Crippen molar-refractivity contribution in [3.63, 3.8) is 0 Å². The Morgan fingerprint density at radius 2 is 2.07 bits per heavy atom. The average Bonchev–Trinajstić information content (AvgIpc) is 3.23. The molecule has 9 heteroatoms. The summed E-state index contributed by atoms with van der Waals surface area (Å²) in [7, 11) is 1.78. The Bertz CT molecular complexity index is 780. The first kappa shape index (κ1) is 24.8. The molecule has 1 aromatic heterocycles. The molecule has 166 valence electrons.